The van der Waals surface area contributed by atoms with E-state index < -0.39 is 5.25 Å². The third-order valence-corrected chi connectivity index (χ3v) is 6.16. The van der Waals surface area contributed by atoms with Gasteiger partial charge >= 0.3 is 0 Å². The Morgan fingerprint density at radius 1 is 1.24 bits per heavy atom. The van der Waals surface area contributed by atoms with E-state index in [1.165, 1.54) is 39.7 Å². The van der Waals surface area contributed by atoms with Crippen molar-refractivity contribution in [1.82, 2.24) is 20.2 Å². The number of aryl methyl sites for hydroxylation is 1. The molecule has 1 heterocycles. The summed E-state index contributed by atoms with van der Waals surface area (Å²) in [4.78, 5) is 12.8. The first-order valence-electron chi connectivity index (χ1n) is 9.54. The Hall–Kier alpha value is -2.87. The van der Waals surface area contributed by atoms with Gasteiger partial charge in [-0.05, 0) is 61.6 Å². The van der Waals surface area contributed by atoms with Gasteiger partial charge in [-0.1, -0.05) is 36.0 Å². The molecule has 4 rings (SSSR count). The average Bonchev–Trinajstić information content (AvgIpc) is 3.09. The van der Waals surface area contributed by atoms with Gasteiger partial charge in [0.15, 0.2) is 5.82 Å². The summed E-state index contributed by atoms with van der Waals surface area (Å²) in [7, 11) is 0. The van der Waals surface area contributed by atoms with Crippen molar-refractivity contribution in [2.75, 3.05) is 5.84 Å². The fraction of sp³-hybridized carbons (Fsp3) is 0.286. The molecule has 2 atom stereocenters. The molecule has 1 aromatic heterocycles. The van der Waals surface area contributed by atoms with Crippen molar-refractivity contribution >= 4 is 17.7 Å². The van der Waals surface area contributed by atoms with E-state index in [0.717, 1.165) is 19.3 Å². The molecule has 6 nitrogen and oxygen atoms in total. The maximum Gasteiger partial charge on any atom is 0.233 e. The third kappa shape index (κ3) is 4.12. The van der Waals surface area contributed by atoms with E-state index in [4.69, 9.17) is 5.84 Å². The van der Waals surface area contributed by atoms with Crippen LogP contribution in [0.2, 0.25) is 0 Å². The molecule has 1 aliphatic rings. The smallest absolute Gasteiger partial charge is 0.233 e. The summed E-state index contributed by atoms with van der Waals surface area (Å²) < 4.78 is 14.5. The maximum absolute atomic E-state index is 13.1. The van der Waals surface area contributed by atoms with E-state index in [1.807, 2.05) is 19.1 Å². The van der Waals surface area contributed by atoms with Crippen molar-refractivity contribution in [2.45, 2.75) is 42.6 Å². The van der Waals surface area contributed by atoms with Crippen LogP contribution in [0, 0.1) is 5.82 Å². The molecule has 8 heteroatoms. The van der Waals surface area contributed by atoms with E-state index >= 15 is 0 Å². The van der Waals surface area contributed by atoms with Gasteiger partial charge in [0.1, 0.15) is 5.82 Å². The highest BCUT2D eigenvalue weighted by atomic mass is 32.2. The summed E-state index contributed by atoms with van der Waals surface area (Å²) in [6, 6.07) is 14.2. The summed E-state index contributed by atoms with van der Waals surface area (Å²) in [6.45, 7) is 1.82. The molecule has 0 saturated heterocycles. The monoisotopic (exact) mass is 411 g/mol. The first-order valence-corrected chi connectivity index (χ1v) is 10.4. The summed E-state index contributed by atoms with van der Waals surface area (Å²) >= 11 is 1.25. The lowest BCUT2D eigenvalue weighted by Crippen LogP contribution is -2.36. The molecule has 29 heavy (non-hydrogen) atoms. The molecule has 3 aromatic rings. The van der Waals surface area contributed by atoms with Crippen molar-refractivity contribution < 1.29 is 9.18 Å². The number of fused-ring (bicyclic) bond motifs is 1. The minimum absolute atomic E-state index is 0.0287. The Bertz CT molecular complexity index is 1020. The molecule has 2 aromatic carbocycles. The second-order valence-electron chi connectivity index (χ2n) is 7.10. The van der Waals surface area contributed by atoms with Crippen LogP contribution in [0.25, 0.3) is 11.4 Å². The molecule has 3 N–H and O–H groups in total. The Morgan fingerprint density at radius 3 is 2.79 bits per heavy atom. The molecule has 1 amide bonds. The van der Waals surface area contributed by atoms with Gasteiger partial charge in [-0.15, -0.1) is 10.2 Å². The molecule has 0 unspecified atom stereocenters. The van der Waals surface area contributed by atoms with Gasteiger partial charge in [0, 0.05) is 5.56 Å². The first kappa shape index (κ1) is 19.4. The van der Waals surface area contributed by atoms with Crippen LogP contribution in [0.1, 0.15) is 36.9 Å². The van der Waals surface area contributed by atoms with Gasteiger partial charge in [0.25, 0.3) is 0 Å². The van der Waals surface area contributed by atoms with Gasteiger partial charge in [0.2, 0.25) is 11.1 Å². The topological polar surface area (TPSA) is 85.8 Å². The van der Waals surface area contributed by atoms with Gasteiger partial charge in [-0.2, -0.15) is 0 Å². The summed E-state index contributed by atoms with van der Waals surface area (Å²) in [5.41, 5.74) is 3.16. The number of benzene rings is 2. The standard InChI is InChI=1S/C21H22FN5OS/c1-13(20(28)24-18-8-4-6-14-5-2-3-7-17(14)18)29-21-26-25-19(27(21)23)15-9-11-16(22)12-10-15/h2-3,5,7,9-13,18H,4,6,8,23H2,1H3,(H,24,28)/t13-,18-/m0/s1. The van der Waals surface area contributed by atoms with Crippen LogP contribution in [0.4, 0.5) is 4.39 Å². The number of amides is 1. The highest BCUT2D eigenvalue weighted by Crippen LogP contribution is 2.31. The van der Waals surface area contributed by atoms with Gasteiger partial charge in [-0.25, -0.2) is 9.07 Å². The largest absolute Gasteiger partial charge is 0.348 e. The molecular weight excluding hydrogens is 389 g/mol. The number of aromatic nitrogens is 3. The molecule has 150 valence electrons. The van der Waals surface area contributed by atoms with Crippen molar-refractivity contribution in [3.63, 3.8) is 0 Å². The van der Waals surface area contributed by atoms with Crippen LogP contribution in [-0.2, 0) is 11.2 Å². The number of carbonyl (C=O) groups excluding carboxylic acids is 1. The zero-order valence-electron chi connectivity index (χ0n) is 16.0. The number of nitrogens with two attached hydrogens (primary N) is 1. The highest BCUT2D eigenvalue weighted by molar-refractivity contribution is 8.00. The van der Waals surface area contributed by atoms with E-state index in [0.29, 0.717) is 16.5 Å². The quantitative estimate of drug-likeness (QED) is 0.496. The van der Waals surface area contributed by atoms with Crippen molar-refractivity contribution in [3.8, 4) is 11.4 Å². The predicted octanol–water partition coefficient (Wildman–Crippen LogP) is 3.47. The lowest BCUT2D eigenvalue weighted by molar-refractivity contribution is -0.121. The Balaban J connectivity index is 1.44. The molecule has 1 aliphatic carbocycles. The van der Waals surface area contributed by atoms with Crippen molar-refractivity contribution in [3.05, 3.63) is 65.5 Å². The predicted molar refractivity (Wildman–Crippen MR) is 111 cm³/mol. The van der Waals surface area contributed by atoms with Gasteiger partial charge < -0.3 is 11.2 Å². The lowest BCUT2D eigenvalue weighted by atomic mass is 9.88. The summed E-state index contributed by atoms with van der Waals surface area (Å²) in [5, 5.41) is 11.4. The zero-order chi connectivity index (χ0) is 20.4. The third-order valence-electron chi connectivity index (χ3n) is 5.10. The fourth-order valence-corrected chi connectivity index (χ4v) is 4.34. The molecule has 0 saturated carbocycles. The van der Waals surface area contributed by atoms with E-state index in [1.54, 1.807) is 12.1 Å². The molecule has 0 spiro atoms. The minimum atomic E-state index is -0.392. The lowest BCUT2D eigenvalue weighted by Gasteiger charge is -2.27. The number of carbonyl (C=O) groups is 1. The molecular formula is C21H22FN5OS. The SMILES string of the molecule is C[C@H](Sc1nnc(-c2ccc(F)cc2)n1N)C(=O)N[C@H]1CCCc2ccccc21. The van der Waals surface area contributed by atoms with E-state index in [2.05, 4.69) is 27.6 Å². The Morgan fingerprint density at radius 2 is 2.00 bits per heavy atom. The zero-order valence-corrected chi connectivity index (χ0v) is 16.8. The normalized spacial score (nSPS) is 16.8. The van der Waals surface area contributed by atoms with Crippen LogP contribution in [-0.4, -0.2) is 26.0 Å². The van der Waals surface area contributed by atoms with Crippen LogP contribution in [0.3, 0.4) is 0 Å². The molecule has 0 aliphatic heterocycles. The van der Waals surface area contributed by atoms with Gasteiger partial charge in [-0.3, -0.25) is 4.79 Å². The first-order chi connectivity index (χ1) is 14.0. The highest BCUT2D eigenvalue weighted by Gasteiger charge is 2.25. The fourth-order valence-electron chi connectivity index (χ4n) is 3.56. The maximum atomic E-state index is 13.1. The average molecular weight is 412 g/mol. The molecule has 0 bridgehead atoms. The van der Waals surface area contributed by atoms with E-state index in [9.17, 15) is 9.18 Å². The molecule has 0 fully saturated rings. The number of rotatable bonds is 5. The van der Waals surface area contributed by atoms with Crippen LogP contribution in [0.5, 0.6) is 0 Å². The summed E-state index contributed by atoms with van der Waals surface area (Å²) in [6.07, 6.45) is 3.04. The second kappa shape index (κ2) is 8.24. The number of hydrogen-bond acceptors (Lipinski definition) is 5. The summed E-state index contributed by atoms with van der Waals surface area (Å²) in [5.74, 6) is 6.13. The van der Waals surface area contributed by atoms with E-state index in [-0.39, 0.29) is 17.8 Å². The van der Waals surface area contributed by atoms with Gasteiger partial charge in [0.05, 0.1) is 11.3 Å². The Kier molecular flexibility index (Phi) is 5.53. The van der Waals surface area contributed by atoms with Crippen molar-refractivity contribution in [2.24, 2.45) is 0 Å². The Labute approximate surface area is 172 Å². The number of nitrogens with zero attached hydrogens (tertiary/aromatic N) is 3. The van der Waals surface area contributed by atoms with Crippen LogP contribution in [0.15, 0.2) is 53.7 Å². The number of nitrogen functional groups attached to an aromatic ring is 1. The van der Waals surface area contributed by atoms with Crippen LogP contribution >= 0.6 is 11.8 Å². The number of halogens is 1. The number of thioether (sulfide) groups is 1. The number of nitrogens with one attached hydrogen (secondary N) is 1. The number of hydrogen-bond donors (Lipinski definition) is 2. The van der Waals surface area contributed by atoms with Crippen LogP contribution < -0.4 is 11.2 Å². The molecule has 0 radical (unpaired) electrons. The minimum Gasteiger partial charge on any atom is -0.348 e. The van der Waals surface area contributed by atoms with Crippen molar-refractivity contribution in [1.29, 1.82) is 0 Å². The second-order valence-corrected chi connectivity index (χ2v) is 8.40.